The molecule has 0 aromatic heterocycles. The number of fused-ring (bicyclic) bond motifs is 2. The van der Waals surface area contributed by atoms with E-state index in [0.29, 0.717) is 32.1 Å². The number of esters is 1. The lowest BCUT2D eigenvalue weighted by Crippen LogP contribution is -2.57. The van der Waals surface area contributed by atoms with Gasteiger partial charge in [0.05, 0.1) is 23.7 Å². The van der Waals surface area contributed by atoms with Gasteiger partial charge in [-0.05, 0) is 32.1 Å². The summed E-state index contributed by atoms with van der Waals surface area (Å²) in [5.41, 5.74) is -2.13. The Morgan fingerprint density at radius 1 is 1.09 bits per heavy atom. The minimum atomic E-state index is -6.18. The molecule has 12 heteroatoms. The van der Waals surface area contributed by atoms with Crippen LogP contribution in [0.3, 0.4) is 0 Å². The average molecular weight is 520 g/mol. The Labute approximate surface area is 197 Å². The number of ether oxygens (including phenoxy) is 1. The van der Waals surface area contributed by atoms with E-state index < -0.39 is 63.6 Å². The number of halogens is 3. The molecule has 0 amide bonds. The average Bonchev–Trinajstić information content (AvgIpc) is 3.36. The number of carbonyl (C=O) groups excluding carboxylic acids is 1. The third-order valence-corrected chi connectivity index (χ3v) is 10.4. The van der Waals surface area contributed by atoms with E-state index in [0.717, 1.165) is 0 Å². The third kappa shape index (κ3) is 5.19. The van der Waals surface area contributed by atoms with Crippen LogP contribution in [0.2, 0.25) is 0 Å². The summed E-state index contributed by atoms with van der Waals surface area (Å²) in [4.78, 5) is 12.7. The normalized spacial score (nSPS) is 29.3. The SMILES string of the molecule is CCC(O)(CC)C1C2CC(C(=O)OCCC(F)C(F)(F)S(=O)(=O)[O-])C(S2)C1C(O)(CC)CC. The van der Waals surface area contributed by atoms with Gasteiger partial charge in [-0.1, -0.05) is 27.7 Å². The van der Waals surface area contributed by atoms with E-state index >= 15 is 0 Å². The van der Waals surface area contributed by atoms with Gasteiger partial charge in [0.1, 0.15) is 0 Å². The number of hydrogen-bond acceptors (Lipinski definition) is 8. The van der Waals surface area contributed by atoms with Crippen LogP contribution in [0.25, 0.3) is 0 Å². The number of thioether (sulfide) groups is 1. The Morgan fingerprint density at radius 3 is 2.03 bits per heavy atom. The van der Waals surface area contributed by atoms with Crippen LogP contribution in [0, 0.1) is 17.8 Å². The first-order chi connectivity index (χ1) is 15.1. The summed E-state index contributed by atoms with van der Waals surface area (Å²) >= 11 is 1.51. The second-order valence-electron chi connectivity index (χ2n) is 9.09. The summed E-state index contributed by atoms with van der Waals surface area (Å²) in [7, 11) is -6.18. The van der Waals surface area contributed by atoms with Crippen molar-refractivity contribution in [3.63, 3.8) is 0 Å². The maximum atomic E-state index is 13.6. The summed E-state index contributed by atoms with van der Waals surface area (Å²) in [6, 6.07) is 0. The van der Waals surface area contributed by atoms with E-state index in [1.54, 1.807) is 0 Å². The molecule has 0 aromatic rings. The number of alkyl halides is 3. The first-order valence-corrected chi connectivity index (χ1v) is 13.7. The molecule has 7 nitrogen and oxygen atoms in total. The molecular formula is C21H34F3O7S2-. The van der Waals surface area contributed by atoms with Gasteiger partial charge in [-0.3, -0.25) is 4.79 Å². The van der Waals surface area contributed by atoms with Crippen LogP contribution >= 0.6 is 11.8 Å². The van der Waals surface area contributed by atoms with Crippen LogP contribution in [0.5, 0.6) is 0 Å². The molecule has 6 unspecified atom stereocenters. The Balaban J connectivity index is 2.16. The monoisotopic (exact) mass is 519 g/mol. The topological polar surface area (TPSA) is 124 Å². The number of carbonyl (C=O) groups is 1. The molecule has 0 saturated carbocycles. The highest BCUT2D eigenvalue weighted by Gasteiger charge is 2.65. The molecule has 0 radical (unpaired) electrons. The Hall–Kier alpha value is -0.560. The zero-order valence-corrected chi connectivity index (χ0v) is 20.9. The largest absolute Gasteiger partial charge is 0.743 e. The third-order valence-electron chi connectivity index (χ3n) is 7.66. The first-order valence-electron chi connectivity index (χ1n) is 11.4. The van der Waals surface area contributed by atoms with Gasteiger partial charge in [0.15, 0.2) is 16.3 Å². The van der Waals surface area contributed by atoms with Crippen molar-refractivity contribution in [2.75, 3.05) is 6.61 Å². The Morgan fingerprint density at radius 2 is 1.58 bits per heavy atom. The zero-order chi connectivity index (χ0) is 25.4. The van der Waals surface area contributed by atoms with Crippen LogP contribution < -0.4 is 0 Å². The lowest BCUT2D eigenvalue weighted by Gasteiger charge is -2.49. The van der Waals surface area contributed by atoms with Crippen molar-refractivity contribution in [3.8, 4) is 0 Å². The predicted molar refractivity (Wildman–Crippen MR) is 116 cm³/mol. The van der Waals surface area contributed by atoms with Gasteiger partial charge >= 0.3 is 11.2 Å². The summed E-state index contributed by atoms with van der Waals surface area (Å²) in [6.45, 7) is 6.63. The molecule has 0 spiro atoms. The van der Waals surface area contributed by atoms with Crippen LogP contribution in [0.15, 0.2) is 0 Å². The second kappa shape index (κ2) is 10.2. The minimum Gasteiger partial charge on any atom is -0.743 e. The molecule has 2 heterocycles. The lowest BCUT2D eigenvalue weighted by atomic mass is 9.59. The fourth-order valence-corrected chi connectivity index (χ4v) is 8.18. The smallest absolute Gasteiger partial charge is 0.364 e. The molecule has 2 bridgehead atoms. The zero-order valence-electron chi connectivity index (χ0n) is 19.3. The minimum absolute atomic E-state index is 0.115. The number of rotatable bonds is 12. The molecule has 33 heavy (non-hydrogen) atoms. The van der Waals surface area contributed by atoms with Crippen LogP contribution in [-0.2, 0) is 19.6 Å². The number of hydrogen-bond donors (Lipinski definition) is 2. The van der Waals surface area contributed by atoms with Crippen molar-refractivity contribution in [2.45, 2.75) is 99.3 Å². The van der Waals surface area contributed by atoms with Gasteiger partial charge in [0.2, 0.25) is 0 Å². The van der Waals surface area contributed by atoms with Crippen molar-refractivity contribution < 1.29 is 45.9 Å². The van der Waals surface area contributed by atoms with Gasteiger partial charge < -0.3 is 19.5 Å². The van der Waals surface area contributed by atoms with E-state index in [4.69, 9.17) is 4.74 Å². The molecule has 0 aliphatic carbocycles. The van der Waals surface area contributed by atoms with Crippen molar-refractivity contribution in [3.05, 3.63) is 0 Å². The molecule has 2 aliphatic heterocycles. The van der Waals surface area contributed by atoms with Gasteiger partial charge in [-0.15, -0.1) is 0 Å². The molecule has 2 N–H and O–H groups in total. The van der Waals surface area contributed by atoms with E-state index in [-0.39, 0.29) is 16.4 Å². The quantitative estimate of drug-likeness (QED) is 0.298. The van der Waals surface area contributed by atoms with E-state index in [1.165, 1.54) is 11.8 Å². The van der Waals surface area contributed by atoms with E-state index in [1.807, 2.05) is 27.7 Å². The van der Waals surface area contributed by atoms with Gasteiger partial charge in [-0.2, -0.15) is 20.5 Å². The number of aliphatic hydroxyl groups is 2. The molecule has 2 rings (SSSR count). The predicted octanol–water partition coefficient (Wildman–Crippen LogP) is 3.23. The van der Waals surface area contributed by atoms with Crippen LogP contribution in [-0.4, -0.2) is 68.9 Å². The lowest BCUT2D eigenvalue weighted by molar-refractivity contribution is -0.158. The first kappa shape index (κ1) is 28.7. The van der Waals surface area contributed by atoms with Gasteiger partial charge in [-0.25, -0.2) is 12.8 Å². The summed E-state index contributed by atoms with van der Waals surface area (Å²) < 4.78 is 76.8. The summed E-state index contributed by atoms with van der Waals surface area (Å²) in [5, 5.41) is 17.1. The van der Waals surface area contributed by atoms with Crippen molar-refractivity contribution >= 4 is 27.8 Å². The van der Waals surface area contributed by atoms with Gasteiger partial charge in [0, 0.05) is 28.8 Å². The fourth-order valence-electron chi connectivity index (χ4n) is 5.43. The van der Waals surface area contributed by atoms with Crippen LogP contribution in [0.4, 0.5) is 13.2 Å². The Kier molecular flexibility index (Phi) is 8.86. The molecule has 6 atom stereocenters. The molecule has 2 aliphatic rings. The van der Waals surface area contributed by atoms with E-state index in [2.05, 4.69) is 0 Å². The van der Waals surface area contributed by atoms with Gasteiger partial charge in [0.25, 0.3) is 0 Å². The van der Waals surface area contributed by atoms with E-state index in [9.17, 15) is 41.1 Å². The second-order valence-corrected chi connectivity index (χ2v) is 12.0. The maximum absolute atomic E-state index is 13.6. The molecule has 2 saturated heterocycles. The molecule has 2 fully saturated rings. The summed E-state index contributed by atoms with van der Waals surface area (Å²) in [6.07, 6.45) is -2.26. The van der Waals surface area contributed by atoms with Crippen molar-refractivity contribution in [2.24, 2.45) is 17.8 Å². The maximum Gasteiger partial charge on any atom is 0.364 e. The van der Waals surface area contributed by atoms with Crippen molar-refractivity contribution in [1.29, 1.82) is 0 Å². The molecular weight excluding hydrogens is 485 g/mol. The highest BCUT2D eigenvalue weighted by Crippen LogP contribution is 2.63. The summed E-state index contributed by atoms with van der Waals surface area (Å²) in [5.74, 6) is -2.06. The van der Waals surface area contributed by atoms with Crippen molar-refractivity contribution in [1.82, 2.24) is 0 Å². The highest BCUT2D eigenvalue weighted by atomic mass is 32.2. The highest BCUT2D eigenvalue weighted by molar-refractivity contribution is 8.01. The standard InChI is InChI=1S/C21H35F3O7S2/c1-5-19(26,6-2)15-13-11-12(17(32-13)16(15)20(27,7-3)8-4)18(25)31-10-9-14(22)21(23,24)33(28,29)30/h12-17,26-27H,5-11H2,1-4H3,(H,28,29,30)/p-1. The Bertz CT molecular complexity index is 800. The molecule has 194 valence electrons. The van der Waals surface area contributed by atoms with Crippen LogP contribution in [0.1, 0.15) is 66.2 Å². The fraction of sp³-hybridized carbons (Fsp3) is 0.952. The molecule has 0 aromatic carbocycles.